The molecule has 1 N–H and O–H groups in total. The first-order valence-corrected chi connectivity index (χ1v) is 13.3. The number of amides is 2. The number of hydrogen-bond donors (Lipinski definition) is 1. The molecule has 0 aliphatic carbocycles. The van der Waals surface area contributed by atoms with Crippen LogP contribution in [-0.4, -0.2) is 81.8 Å². The van der Waals surface area contributed by atoms with Crippen molar-refractivity contribution in [1.82, 2.24) is 9.80 Å². The summed E-state index contributed by atoms with van der Waals surface area (Å²) in [4.78, 5) is 40.8. The van der Waals surface area contributed by atoms with Gasteiger partial charge in [0.05, 0.1) is 50.9 Å². The Kier molecular flexibility index (Phi) is 10.3. The quantitative estimate of drug-likeness (QED) is 0.364. The Hall–Kier alpha value is -4.41. The molecule has 3 aromatic rings. The van der Waals surface area contributed by atoms with Gasteiger partial charge < -0.3 is 29.2 Å². The van der Waals surface area contributed by atoms with Gasteiger partial charge in [-0.25, -0.2) is 14.4 Å². The normalized spacial score (nSPS) is 14.2. The van der Waals surface area contributed by atoms with Crippen LogP contribution in [0.5, 0.6) is 5.75 Å². The third-order valence-corrected chi connectivity index (χ3v) is 6.95. The number of hydrogen-bond acceptors (Lipinski definition) is 8. The Bertz CT molecular complexity index is 1340. The summed E-state index contributed by atoms with van der Waals surface area (Å²) < 4.78 is 21.4. The third-order valence-electron chi connectivity index (χ3n) is 6.95. The topological polar surface area (TPSA) is 107 Å². The Morgan fingerprint density at radius 3 is 2.22 bits per heavy atom. The number of urea groups is 1. The van der Waals surface area contributed by atoms with Gasteiger partial charge in [-0.1, -0.05) is 36.4 Å². The van der Waals surface area contributed by atoms with Crippen molar-refractivity contribution in [3.8, 4) is 5.75 Å². The molecule has 0 aromatic heterocycles. The van der Waals surface area contributed by atoms with Crippen molar-refractivity contribution in [2.45, 2.75) is 12.7 Å². The van der Waals surface area contributed by atoms with Crippen LogP contribution in [0.2, 0.25) is 0 Å². The summed E-state index contributed by atoms with van der Waals surface area (Å²) >= 11 is 0. The molecule has 1 fully saturated rings. The molecule has 0 radical (unpaired) electrons. The molecule has 1 atom stereocenters. The second-order valence-corrected chi connectivity index (χ2v) is 9.52. The lowest BCUT2D eigenvalue weighted by Gasteiger charge is -2.36. The molecule has 3 aromatic carbocycles. The predicted octanol–water partition coefficient (Wildman–Crippen LogP) is 4.38. The van der Waals surface area contributed by atoms with Gasteiger partial charge in [-0.3, -0.25) is 4.90 Å². The molecule has 4 rings (SSSR count). The number of rotatable bonds is 10. The molecular formula is C31H35N3O7. The van der Waals surface area contributed by atoms with E-state index in [2.05, 4.69) is 10.2 Å². The highest BCUT2D eigenvalue weighted by Crippen LogP contribution is 2.25. The summed E-state index contributed by atoms with van der Waals surface area (Å²) in [6.45, 7) is 3.32. The summed E-state index contributed by atoms with van der Waals surface area (Å²) in [5.74, 6) is -0.145. The molecule has 41 heavy (non-hydrogen) atoms. The Morgan fingerprint density at radius 2 is 1.54 bits per heavy atom. The van der Waals surface area contributed by atoms with E-state index in [9.17, 15) is 14.4 Å². The molecular weight excluding hydrogens is 526 g/mol. The van der Waals surface area contributed by atoms with E-state index >= 15 is 0 Å². The fourth-order valence-electron chi connectivity index (χ4n) is 4.59. The van der Waals surface area contributed by atoms with E-state index in [0.717, 1.165) is 16.9 Å². The lowest BCUT2D eigenvalue weighted by atomic mass is 10.1. The average Bonchev–Trinajstić information content (AvgIpc) is 3.03. The summed E-state index contributed by atoms with van der Waals surface area (Å²) in [6, 6.07) is 21.5. The van der Waals surface area contributed by atoms with Gasteiger partial charge in [-0.15, -0.1) is 0 Å². The monoisotopic (exact) mass is 561 g/mol. The predicted molar refractivity (Wildman–Crippen MR) is 153 cm³/mol. The molecule has 2 amide bonds. The molecule has 10 heteroatoms. The number of methoxy groups -OCH3 is 3. The summed E-state index contributed by atoms with van der Waals surface area (Å²) in [5.41, 5.74) is 3.11. The molecule has 0 unspecified atom stereocenters. The maximum Gasteiger partial charge on any atom is 0.339 e. The zero-order chi connectivity index (χ0) is 29.2. The van der Waals surface area contributed by atoms with Gasteiger partial charge in [0.25, 0.3) is 0 Å². The van der Waals surface area contributed by atoms with Gasteiger partial charge in [0.1, 0.15) is 5.75 Å². The highest BCUT2D eigenvalue weighted by Gasteiger charge is 2.25. The van der Waals surface area contributed by atoms with E-state index in [-0.39, 0.29) is 18.1 Å². The summed E-state index contributed by atoms with van der Waals surface area (Å²) in [6.07, 6.45) is -0.252. The van der Waals surface area contributed by atoms with Crippen LogP contribution in [0.15, 0.2) is 72.8 Å². The number of ether oxygens (including phenoxy) is 4. The fraction of sp³-hybridized carbons (Fsp3) is 0.323. The molecule has 1 aliphatic rings. The minimum absolute atomic E-state index is 0.252. The van der Waals surface area contributed by atoms with Crippen LogP contribution in [0, 0.1) is 0 Å². The van der Waals surface area contributed by atoms with Crippen LogP contribution in [0.4, 0.5) is 10.5 Å². The first kappa shape index (κ1) is 29.6. The number of anilines is 1. The van der Waals surface area contributed by atoms with Gasteiger partial charge in [-0.2, -0.15) is 0 Å². The van der Waals surface area contributed by atoms with Crippen molar-refractivity contribution < 1.29 is 33.3 Å². The summed E-state index contributed by atoms with van der Waals surface area (Å²) in [7, 11) is 4.30. The maximum absolute atomic E-state index is 13.0. The van der Waals surface area contributed by atoms with Crippen LogP contribution >= 0.6 is 0 Å². The Balaban J connectivity index is 1.38. The minimum Gasteiger partial charge on any atom is -0.497 e. The van der Waals surface area contributed by atoms with Crippen molar-refractivity contribution in [3.05, 3.63) is 95.1 Å². The van der Waals surface area contributed by atoms with Gasteiger partial charge >= 0.3 is 18.0 Å². The van der Waals surface area contributed by atoms with Gasteiger partial charge in [0, 0.05) is 32.7 Å². The minimum atomic E-state index is -0.506. The standard InChI is InChI=1S/C31H35N3O7/c1-38-25-8-6-7-24(19-25)28(41-21-22-11-13-23(14-12-22)29(35)39-2)20-33-15-17-34(18-16-33)31(37)32-27-10-5-4-9-26(27)30(36)40-3/h4-14,19,28H,15-18,20-21H2,1-3H3,(H,32,37)/t28-/m1/s1. The lowest BCUT2D eigenvalue weighted by molar-refractivity contribution is 0.00582. The Labute approximate surface area is 239 Å². The number of esters is 2. The number of para-hydroxylation sites is 1. The van der Waals surface area contributed by atoms with Crippen LogP contribution in [0.3, 0.4) is 0 Å². The first-order chi connectivity index (χ1) is 19.9. The van der Waals surface area contributed by atoms with Crippen LogP contribution in [0.25, 0.3) is 0 Å². The zero-order valence-electron chi connectivity index (χ0n) is 23.5. The van der Waals surface area contributed by atoms with Gasteiger partial charge in [-0.05, 0) is 47.5 Å². The fourth-order valence-corrected chi connectivity index (χ4v) is 4.59. The zero-order valence-corrected chi connectivity index (χ0v) is 23.5. The second kappa shape index (κ2) is 14.3. The van der Waals surface area contributed by atoms with Crippen LogP contribution in [0.1, 0.15) is 37.9 Å². The molecule has 10 nitrogen and oxygen atoms in total. The molecule has 0 bridgehead atoms. The van der Waals surface area contributed by atoms with E-state index < -0.39 is 5.97 Å². The highest BCUT2D eigenvalue weighted by atomic mass is 16.5. The lowest BCUT2D eigenvalue weighted by Crippen LogP contribution is -2.51. The van der Waals surface area contributed by atoms with Crippen molar-refractivity contribution in [1.29, 1.82) is 0 Å². The smallest absolute Gasteiger partial charge is 0.339 e. The second-order valence-electron chi connectivity index (χ2n) is 9.52. The van der Waals surface area contributed by atoms with Gasteiger partial charge in [0.15, 0.2) is 0 Å². The molecule has 1 aliphatic heterocycles. The van der Waals surface area contributed by atoms with Crippen molar-refractivity contribution >= 4 is 23.7 Å². The number of carbonyl (C=O) groups excluding carboxylic acids is 3. The van der Waals surface area contributed by atoms with E-state index in [0.29, 0.717) is 56.1 Å². The van der Waals surface area contributed by atoms with Crippen molar-refractivity contribution in [2.75, 3.05) is 59.4 Å². The van der Waals surface area contributed by atoms with Gasteiger partial charge in [0.2, 0.25) is 0 Å². The highest BCUT2D eigenvalue weighted by molar-refractivity contribution is 6.00. The summed E-state index contributed by atoms with van der Waals surface area (Å²) in [5, 5.41) is 2.84. The maximum atomic E-state index is 13.0. The Morgan fingerprint density at radius 1 is 0.829 bits per heavy atom. The third kappa shape index (κ3) is 7.84. The van der Waals surface area contributed by atoms with Crippen LogP contribution in [-0.2, 0) is 20.8 Å². The van der Waals surface area contributed by atoms with E-state index in [1.807, 2.05) is 36.4 Å². The van der Waals surface area contributed by atoms with E-state index in [1.54, 1.807) is 48.4 Å². The number of piperazine rings is 1. The van der Waals surface area contributed by atoms with E-state index in [1.165, 1.54) is 14.2 Å². The molecule has 1 saturated heterocycles. The van der Waals surface area contributed by atoms with Crippen molar-refractivity contribution in [2.24, 2.45) is 0 Å². The molecule has 0 saturated carbocycles. The average molecular weight is 562 g/mol. The number of nitrogens with one attached hydrogen (secondary N) is 1. The first-order valence-electron chi connectivity index (χ1n) is 13.3. The number of benzene rings is 3. The van der Waals surface area contributed by atoms with E-state index in [4.69, 9.17) is 18.9 Å². The molecule has 0 spiro atoms. The molecule has 216 valence electrons. The SMILES string of the molecule is COC(=O)c1ccc(CO[C@H](CN2CCN(C(=O)Nc3ccccc3C(=O)OC)CC2)c2cccc(OC)c2)cc1. The number of carbonyl (C=O) groups is 3. The van der Waals surface area contributed by atoms with Crippen molar-refractivity contribution in [3.63, 3.8) is 0 Å². The number of nitrogens with zero attached hydrogens (tertiary/aromatic N) is 2. The van der Waals surface area contributed by atoms with Crippen LogP contribution < -0.4 is 10.1 Å². The molecule has 1 heterocycles. The largest absolute Gasteiger partial charge is 0.497 e.